The summed E-state index contributed by atoms with van der Waals surface area (Å²) in [7, 11) is 0. The van der Waals surface area contributed by atoms with Crippen molar-refractivity contribution in [3.63, 3.8) is 0 Å². The predicted molar refractivity (Wildman–Crippen MR) is 110 cm³/mol. The highest BCUT2D eigenvalue weighted by atomic mass is 35.5. The maximum atomic E-state index is 12.6. The lowest BCUT2D eigenvalue weighted by Crippen LogP contribution is -2.17. The fourth-order valence-electron chi connectivity index (χ4n) is 2.64. The SMILES string of the molecule is Cc1cc(C(=O)Nc2cc(Cl)ccc2C)nc(NCCc2ccccc2)n1. The van der Waals surface area contributed by atoms with Gasteiger partial charge in [0, 0.05) is 22.9 Å². The zero-order chi connectivity index (χ0) is 19.2. The van der Waals surface area contributed by atoms with Crippen molar-refractivity contribution >= 4 is 29.1 Å². The molecule has 0 saturated carbocycles. The van der Waals surface area contributed by atoms with Crippen molar-refractivity contribution in [3.05, 3.63) is 82.1 Å². The van der Waals surface area contributed by atoms with E-state index in [-0.39, 0.29) is 5.91 Å². The molecule has 0 aliphatic carbocycles. The van der Waals surface area contributed by atoms with E-state index >= 15 is 0 Å². The molecule has 0 spiro atoms. The summed E-state index contributed by atoms with van der Waals surface area (Å²) in [6, 6.07) is 17.2. The van der Waals surface area contributed by atoms with Crippen LogP contribution >= 0.6 is 11.6 Å². The van der Waals surface area contributed by atoms with Crippen molar-refractivity contribution in [1.82, 2.24) is 9.97 Å². The largest absolute Gasteiger partial charge is 0.354 e. The summed E-state index contributed by atoms with van der Waals surface area (Å²) in [6.07, 6.45) is 0.849. The molecule has 1 aromatic heterocycles. The lowest BCUT2D eigenvalue weighted by Gasteiger charge is -2.10. The van der Waals surface area contributed by atoms with Gasteiger partial charge in [-0.3, -0.25) is 4.79 Å². The second-order valence-electron chi connectivity index (χ2n) is 6.29. The number of amides is 1. The van der Waals surface area contributed by atoms with Gasteiger partial charge in [0.2, 0.25) is 5.95 Å². The molecule has 3 aromatic rings. The topological polar surface area (TPSA) is 66.9 Å². The zero-order valence-corrected chi connectivity index (χ0v) is 16.0. The Morgan fingerprint density at radius 3 is 2.59 bits per heavy atom. The number of carbonyl (C=O) groups excluding carboxylic acids is 1. The van der Waals surface area contributed by atoms with Crippen molar-refractivity contribution < 1.29 is 4.79 Å². The zero-order valence-electron chi connectivity index (χ0n) is 15.3. The Bertz CT molecular complexity index is 944. The standard InChI is InChI=1S/C21H21ClN4O/c1-14-8-9-17(22)13-18(14)25-20(27)19-12-15(2)24-21(26-19)23-11-10-16-6-4-3-5-7-16/h3-9,12-13H,10-11H2,1-2H3,(H,25,27)(H,23,24,26). The molecule has 2 aromatic carbocycles. The molecule has 1 heterocycles. The Hall–Kier alpha value is -2.92. The summed E-state index contributed by atoms with van der Waals surface area (Å²) in [5, 5.41) is 6.62. The van der Waals surface area contributed by atoms with Gasteiger partial charge < -0.3 is 10.6 Å². The highest BCUT2D eigenvalue weighted by molar-refractivity contribution is 6.31. The van der Waals surface area contributed by atoms with Crippen LogP contribution in [0.3, 0.4) is 0 Å². The van der Waals surface area contributed by atoms with E-state index in [0.29, 0.717) is 28.9 Å². The van der Waals surface area contributed by atoms with E-state index in [0.717, 1.165) is 17.7 Å². The first-order chi connectivity index (χ1) is 13.0. The first-order valence-electron chi connectivity index (χ1n) is 8.72. The summed E-state index contributed by atoms with van der Waals surface area (Å²) in [5.74, 6) is 0.149. The van der Waals surface area contributed by atoms with Crippen molar-refractivity contribution in [2.75, 3.05) is 17.2 Å². The molecule has 0 bridgehead atoms. The minimum absolute atomic E-state index is 0.294. The molecule has 3 rings (SSSR count). The maximum Gasteiger partial charge on any atom is 0.274 e. The van der Waals surface area contributed by atoms with Gasteiger partial charge in [-0.2, -0.15) is 0 Å². The van der Waals surface area contributed by atoms with E-state index in [4.69, 9.17) is 11.6 Å². The fourth-order valence-corrected chi connectivity index (χ4v) is 2.81. The van der Waals surface area contributed by atoms with E-state index in [1.165, 1.54) is 5.56 Å². The van der Waals surface area contributed by atoms with Gasteiger partial charge in [0.1, 0.15) is 5.69 Å². The van der Waals surface area contributed by atoms with Gasteiger partial charge >= 0.3 is 0 Å². The molecule has 0 fully saturated rings. The van der Waals surface area contributed by atoms with Crippen molar-refractivity contribution in [2.24, 2.45) is 0 Å². The Morgan fingerprint density at radius 2 is 1.81 bits per heavy atom. The Kier molecular flexibility index (Phi) is 6.04. The van der Waals surface area contributed by atoms with Crippen LogP contribution in [0.15, 0.2) is 54.6 Å². The molecule has 0 saturated heterocycles. The summed E-state index contributed by atoms with van der Waals surface area (Å²) in [5.41, 5.74) is 3.86. The minimum atomic E-state index is -0.294. The van der Waals surface area contributed by atoms with Crippen LogP contribution in [0.4, 0.5) is 11.6 Å². The van der Waals surface area contributed by atoms with Crippen LogP contribution in [0.25, 0.3) is 0 Å². The van der Waals surface area contributed by atoms with Crippen molar-refractivity contribution in [1.29, 1.82) is 0 Å². The third-order valence-corrected chi connectivity index (χ3v) is 4.31. The van der Waals surface area contributed by atoms with Crippen LogP contribution in [0, 0.1) is 13.8 Å². The van der Waals surface area contributed by atoms with Crippen molar-refractivity contribution in [3.8, 4) is 0 Å². The van der Waals surface area contributed by atoms with Crippen molar-refractivity contribution in [2.45, 2.75) is 20.3 Å². The molecule has 138 valence electrons. The highest BCUT2D eigenvalue weighted by Gasteiger charge is 2.12. The number of aryl methyl sites for hydroxylation is 2. The Balaban J connectivity index is 1.68. The third kappa shape index (κ3) is 5.28. The van der Waals surface area contributed by atoms with Crippen LogP contribution in [0.2, 0.25) is 5.02 Å². The number of rotatable bonds is 6. The number of halogens is 1. The van der Waals surface area contributed by atoms with E-state index in [1.54, 1.807) is 18.2 Å². The van der Waals surface area contributed by atoms with Gasteiger partial charge in [0.05, 0.1) is 0 Å². The molecule has 0 aliphatic rings. The van der Waals surface area contributed by atoms with Crippen LogP contribution in [-0.2, 0) is 6.42 Å². The average Bonchev–Trinajstić information content (AvgIpc) is 2.65. The molecular weight excluding hydrogens is 360 g/mol. The normalized spacial score (nSPS) is 10.5. The van der Waals surface area contributed by atoms with Gasteiger partial charge in [-0.15, -0.1) is 0 Å². The van der Waals surface area contributed by atoms with Gasteiger partial charge in [-0.1, -0.05) is 48.0 Å². The van der Waals surface area contributed by atoms with Gasteiger partial charge in [0.25, 0.3) is 5.91 Å². The molecule has 0 radical (unpaired) electrons. The number of nitrogens with one attached hydrogen (secondary N) is 2. The van der Waals surface area contributed by atoms with Crippen LogP contribution in [0.5, 0.6) is 0 Å². The highest BCUT2D eigenvalue weighted by Crippen LogP contribution is 2.21. The van der Waals surface area contributed by atoms with Gasteiger partial charge in [-0.25, -0.2) is 9.97 Å². The van der Waals surface area contributed by atoms with Gasteiger partial charge in [-0.05, 0) is 49.6 Å². The molecule has 0 aliphatic heterocycles. The van der Waals surface area contributed by atoms with E-state index in [2.05, 4.69) is 32.7 Å². The van der Waals surface area contributed by atoms with Crippen LogP contribution < -0.4 is 10.6 Å². The molecule has 1 amide bonds. The number of aromatic nitrogens is 2. The summed E-state index contributed by atoms with van der Waals surface area (Å²) < 4.78 is 0. The number of anilines is 2. The van der Waals surface area contributed by atoms with E-state index in [9.17, 15) is 4.79 Å². The number of hydrogen-bond acceptors (Lipinski definition) is 4. The molecule has 2 N–H and O–H groups in total. The molecule has 6 heteroatoms. The number of hydrogen-bond donors (Lipinski definition) is 2. The first kappa shape index (κ1) is 18.9. The summed E-state index contributed by atoms with van der Waals surface area (Å²) in [4.78, 5) is 21.3. The third-order valence-electron chi connectivity index (χ3n) is 4.07. The lowest BCUT2D eigenvalue weighted by atomic mass is 10.1. The minimum Gasteiger partial charge on any atom is -0.354 e. The number of carbonyl (C=O) groups is 1. The fraction of sp³-hybridized carbons (Fsp3) is 0.190. The maximum absolute atomic E-state index is 12.6. The van der Waals surface area contributed by atoms with Crippen LogP contribution in [0.1, 0.15) is 27.3 Å². The van der Waals surface area contributed by atoms with E-state index in [1.807, 2.05) is 38.1 Å². The molecular formula is C21H21ClN4O. The Morgan fingerprint density at radius 1 is 1.04 bits per heavy atom. The summed E-state index contributed by atoms with van der Waals surface area (Å²) >= 11 is 6.02. The van der Waals surface area contributed by atoms with Crippen LogP contribution in [-0.4, -0.2) is 22.4 Å². The number of benzene rings is 2. The smallest absolute Gasteiger partial charge is 0.274 e. The lowest BCUT2D eigenvalue weighted by molar-refractivity contribution is 0.102. The molecule has 27 heavy (non-hydrogen) atoms. The predicted octanol–water partition coefficient (Wildman–Crippen LogP) is 4.65. The second kappa shape index (κ2) is 8.64. The molecule has 0 unspecified atom stereocenters. The molecule has 0 atom stereocenters. The van der Waals surface area contributed by atoms with Gasteiger partial charge in [0.15, 0.2) is 0 Å². The summed E-state index contributed by atoms with van der Waals surface area (Å²) in [6.45, 7) is 4.43. The number of nitrogens with zero attached hydrogens (tertiary/aromatic N) is 2. The van der Waals surface area contributed by atoms with E-state index < -0.39 is 0 Å². The Labute approximate surface area is 163 Å². The second-order valence-corrected chi connectivity index (χ2v) is 6.73. The monoisotopic (exact) mass is 380 g/mol. The quantitative estimate of drug-likeness (QED) is 0.653. The molecule has 5 nitrogen and oxygen atoms in total. The first-order valence-corrected chi connectivity index (χ1v) is 9.10. The average molecular weight is 381 g/mol.